The van der Waals surface area contributed by atoms with Crippen molar-refractivity contribution in [2.24, 2.45) is 22.6 Å². The quantitative estimate of drug-likeness (QED) is 0.166. The van der Waals surface area contributed by atoms with Crippen LogP contribution < -0.4 is 37.7 Å². The number of carbonyl (C=O) groups excluding carboxylic acids is 1. The van der Waals surface area contributed by atoms with E-state index in [-0.39, 0.29) is 36.5 Å². The fourth-order valence-corrected chi connectivity index (χ4v) is 10.9. The summed E-state index contributed by atoms with van der Waals surface area (Å²) in [6.07, 6.45) is 6.89. The van der Waals surface area contributed by atoms with Gasteiger partial charge in [-0.25, -0.2) is 21.7 Å². The number of primary amides is 1. The van der Waals surface area contributed by atoms with Crippen molar-refractivity contribution in [1.82, 2.24) is 36.8 Å². The van der Waals surface area contributed by atoms with Crippen LogP contribution in [0.3, 0.4) is 0 Å². The van der Waals surface area contributed by atoms with E-state index in [9.17, 15) is 9.90 Å². The summed E-state index contributed by atoms with van der Waals surface area (Å²) in [5, 5.41) is 14.8. The summed E-state index contributed by atoms with van der Waals surface area (Å²) >= 11 is 2.07. The van der Waals surface area contributed by atoms with E-state index in [0.717, 1.165) is 58.2 Å². The number of hydrogen-bond donors (Lipinski definition) is 7. The van der Waals surface area contributed by atoms with Crippen molar-refractivity contribution >= 4 is 29.1 Å². The van der Waals surface area contributed by atoms with Crippen LogP contribution in [0, 0.1) is 11.8 Å². The van der Waals surface area contributed by atoms with Gasteiger partial charge < -0.3 is 20.5 Å². The van der Waals surface area contributed by atoms with Crippen molar-refractivity contribution in [1.29, 1.82) is 0 Å². The average Bonchev–Trinajstić information content (AvgIpc) is 3.58. The maximum absolute atomic E-state index is 11.5. The Morgan fingerprint density at radius 3 is 2.48 bits per heavy atom. The number of thioether (sulfide) groups is 1. The lowest BCUT2D eigenvalue weighted by molar-refractivity contribution is -0.121. The van der Waals surface area contributed by atoms with Gasteiger partial charge in [-0.3, -0.25) is 24.9 Å². The molecule has 5 fully saturated rings. The van der Waals surface area contributed by atoms with Gasteiger partial charge in [-0.1, -0.05) is 32.9 Å². The maximum atomic E-state index is 11.5. The number of likely N-dealkylation sites (tertiary alicyclic amines) is 1. The number of piperidine rings is 1. The van der Waals surface area contributed by atoms with E-state index in [4.69, 9.17) is 15.5 Å². The van der Waals surface area contributed by atoms with Crippen LogP contribution in [0.25, 0.3) is 0 Å². The Kier molecular flexibility index (Phi) is 11.4. The zero-order chi connectivity index (χ0) is 35.1. The summed E-state index contributed by atoms with van der Waals surface area (Å²) < 4.78 is 6.58. The summed E-state index contributed by atoms with van der Waals surface area (Å²) in [7, 11) is 2.21. The van der Waals surface area contributed by atoms with Crippen LogP contribution in [0.1, 0.15) is 78.2 Å². The van der Waals surface area contributed by atoms with Gasteiger partial charge in [0.25, 0.3) is 0 Å². The number of nitrogens with two attached hydrogens (primary N) is 1. The standard InChI is InChI=1S/C36H60N10O3S/c1-6-38-31(47)19-29-35-43-40-22(4)46(35)36-32(20(2)21(3)50-36)33(39-29)23-7-9-24(10-8-23)44(5)25-17-27(18-25)49-26-13-15-45(16-14-26)30-12-11-28(34(37)48)41-42-30/h7-10,20-22,25-32,35-36,38,40-43,47H,6,11-19H2,1-5H3,(H2,37,48)/t20?,21?,22?,25?,27?,28?,29-,30?,31?,32?,35?,36?/m0/s1. The summed E-state index contributed by atoms with van der Waals surface area (Å²) in [6, 6.07) is 9.18. The third kappa shape index (κ3) is 7.48. The molecule has 0 aromatic heterocycles. The van der Waals surface area contributed by atoms with Gasteiger partial charge in [-0.05, 0) is 75.6 Å². The molecule has 8 N–H and O–H groups in total. The Labute approximate surface area is 302 Å². The van der Waals surface area contributed by atoms with Crippen molar-refractivity contribution in [3.8, 4) is 0 Å². The highest BCUT2D eigenvalue weighted by Gasteiger charge is 2.53. The second kappa shape index (κ2) is 15.6. The molecule has 9 unspecified atom stereocenters. The second-order valence-corrected chi connectivity index (χ2v) is 17.0. The van der Waals surface area contributed by atoms with Crippen LogP contribution >= 0.6 is 11.8 Å². The molecule has 1 aliphatic carbocycles. The number of carbonyl (C=O) groups is 1. The van der Waals surface area contributed by atoms with E-state index in [1.807, 2.05) is 6.92 Å². The number of anilines is 1. The lowest BCUT2D eigenvalue weighted by Gasteiger charge is -2.45. The second-order valence-electron chi connectivity index (χ2n) is 15.5. The van der Waals surface area contributed by atoms with Crippen molar-refractivity contribution in [2.45, 2.75) is 138 Å². The zero-order valence-corrected chi connectivity index (χ0v) is 31.2. The van der Waals surface area contributed by atoms with E-state index in [1.54, 1.807) is 0 Å². The molecule has 13 nitrogen and oxygen atoms in total. The first-order valence-electron chi connectivity index (χ1n) is 19.1. The molecule has 10 atom stereocenters. The van der Waals surface area contributed by atoms with Gasteiger partial charge in [0.2, 0.25) is 5.91 Å². The molecule has 4 saturated heterocycles. The Morgan fingerprint density at radius 2 is 1.82 bits per heavy atom. The lowest BCUT2D eigenvalue weighted by atomic mass is 9.84. The molecule has 7 rings (SSSR count). The normalized spacial score (nSPS) is 38.8. The predicted molar refractivity (Wildman–Crippen MR) is 199 cm³/mol. The number of hydrogen-bond acceptors (Lipinski definition) is 13. The van der Waals surface area contributed by atoms with Gasteiger partial charge in [-0.15, -0.1) is 11.8 Å². The van der Waals surface area contributed by atoms with Crippen molar-refractivity contribution in [3.05, 3.63) is 29.8 Å². The number of nitrogens with one attached hydrogen (secondary N) is 5. The molecule has 278 valence electrons. The number of aliphatic imine (C=N–C) groups is 1. The molecular formula is C36H60N10O3S. The molecule has 5 heterocycles. The van der Waals surface area contributed by atoms with E-state index >= 15 is 0 Å². The van der Waals surface area contributed by atoms with Crippen LogP contribution in [-0.4, -0.2) is 119 Å². The number of benzene rings is 1. The Morgan fingerprint density at radius 1 is 1.08 bits per heavy atom. The van der Waals surface area contributed by atoms with Crippen LogP contribution in [0.2, 0.25) is 0 Å². The van der Waals surface area contributed by atoms with E-state index < -0.39 is 6.23 Å². The number of hydrazine groups is 2. The Hall–Kier alpha value is -1.85. The molecule has 0 radical (unpaired) electrons. The van der Waals surface area contributed by atoms with Gasteiger partial charge in [0, 0.05) is 55.2 Å². The average molecular weight is 713 g/mol. The Balaban J connectivity index is 0.957. The number of nitrogens with zero attached hydrogens (tertiary/aromatic N) is 4. The number of fused-ring (bicyclic) bond motifs is 3. The highest BCUT2D eigenvalue weighted by atomic mass is 32.2. The molecule has 1 amide bonds. The highest BCUT2D eigenvalue weighted by molar-refractivity contribution is 8.00. The molecule has 1 aromatic rings. The minimum absolute atomic E-state index is 0.0175. The maximum Gasteiger partial charge on any atom is 0.235 e. The monoisotopic (exact) mass is 712 g/mol. The first-order chi connectivity index (χ1) is 24.1. The van der Waals surface area contributed by atoms with Crippen molar-refractivity contribution in [2.75, 3.05) is 31.6 Å². The van der Waals surface area contributed by atoms with Crippen LogP contribution in [0.4, 0.5) is 5.69 Å². The summed E-state index contributed by atoms with van der Waals surface area (Å²) in [6.45, 7) is 11.7. The number of aliphatic hydroxyl groups is 1. The third-order valence-electron chi connectivity index (χ3n) is 12.3. The fourth-order valence-electron chi connectivity index (χ4n) is 9.01. The highest BCUT2D eigenvalue weighted by Crippen LogP contribution is 2.49. The minimum atomic E-state index is -0.605. The number of amides is 1. The lowest BCUT2D eigenvalue weighted by Crippen LogP contribution is -2.62. The molecule has 0 bridgehead atoms. The third-order valence-corrected chi connectivity index (χ3v) is 14.0. The molecule has 1 saturated carbocycles. The van der Waals surface area contributed by atoms with Crippen molar-refractivity contribution < 1.29 is 14.6 Å². The van der Waals surface area contributed by atoms with Gasteiger partial charge in [0.15, 0.2) is 0 Å². The molecule has 0 spiro atoms. The van der Waals surface area contributed by atoms with Crippen molar-refractivity contribution in [3.63, 3.8) is 0 Å². The van der Waals surface area contributed by atoms with Gasteiger partial charge in [0.05, 0.1) is 48.2 Å². The largest absolute Gasteiger partial charge is 0.379 e. The smallest absolute Gasteiger partial charge is 0.235 e. The molecule has 14 heteroatoms. The predicted octanol–water partition coefficient (Wildman–Crippen LogP) is 1.49. The first-order valence-corrected chi connectivity index (χ1v) is 20.0. The molecule has 1 aromatic carbocycles. The topological polar surface area (TPSA) is 155 Å². The number of aliphatic hydroxyl groups excluding tert-OH is 1. The Bertz CT molecular complexity index is 1330. The van der Waals surface area contributed by atoms with E-state index in [2.05, 4.69) is 106 Å². The first kappa shape index (κ1) is 36.5. The molecule has 5 aliphatic heterocycles. The molecule has 6 aliphatic rings. The SMILES string of the molecule is CCNC(O)C[C@@H]1N=C(c2ccc(N(C)C3CC(OC4CCN(C5CCC(C(N)=O)NN5)CC4)C3)cc2)C2C(C)C(C)SC2N2C(C)NNC12. The minimum Gasteiger partial charge on any atom is -0.379 e. The van der Waals surface area contributed by atoms with Crippen LogP contribution in [0.15, 0.2) is 29.3 Å². The zero-order valence-electron chi connectivity index (χ0n) is 30.4. The fraction of sp³-hybridized carbons (Fsp3) is 0.778. The molecule has 50 heavy (non-hydrogen) atoms. The summed E-state index contributed by atoms with van der Waals surface area (Å²) in [4.78, 5) is 24.4. The number of ether oxygens (including phenoxy) is 1. The number of rotatable bonds is 11. The van der Waals surface area contributed by atoms with Gasteiger partial charge >= 0.3 is 0 Å². The van der Waals surface area contributed by atoms with Crippen LogP contribution in [-0.2, 0) is 9.53 Å². The van der Waals surface area contributed by atoms with E-state index in [0.29, 0.717) is 47.1 Å². The van der Waals surface area contributed by atoms with Gasteiger partial charge in [-0.2, -0.15) is 0 Å². The van der Waals surface area contributed by atoms with E-state index in [1.165, 1.54) is 17.0 Å². The molecular weight excluding hydrogens is 653 g/mol. The van der Waals surface area contributed by atoms with Gasteiger partial charge in [0.1, 0.15) is 6.23 Å². The summed E-state index contributed by atoms with van der Waals surface area (Å²) in [5.74, 6) is 0.485. The summed E-state index contributed by atoms with van der Waals surface area (Å²) in [5.41, 5.74) is 22.4. The van der Waals surface area contributed by atoms with Crippen LogP contribution in [0.5, 0.6) is 0 Å².